The summed E-state index contributed by atoms with van der Waals surface area (Å²) < 4.78 is 0. The summed E-state index contributed by atoms with van der Waals surface area (Å²) in [7, 11) is 0. The van der Waals surface area contributed by atoms with Gasteiger partial charge in [-0.1, -0.05) is 24.3 Å². The highest BCUT2D eigenvalue weighted by Crippen LogP contribution is 2.22. The highest BCUT2D eigenvalue weighted by Gasteiger charge is 2.23. The fraction of sp³-hybridized carbons (Fsp3) is 0.263. The maximum absolute atomic E-state index is 12.9. The van der Waals surface area contributed by atoms with Crippen molar-refractivity contribution in [2.24, 2.45) is 4.99 Å². The van der Waals surface area contributed by atoms with Crippen LogP contribution in [0, 0.1) is 13.8 Å². The van der Waals surface area contributed by atoms with Crippen LogP contribution in [-0.2, 0) is 0 Å². The molecular weight excluding hydrogens is 286 g/mol. The van der Waals surface area contributed by atoms with Gasteiger partial charge in [-0.25, -0.2) is 4.79 Å². The van der Waals surface area contributed by atoms with Crippen molar-refractivity contribution in [1.82, 2.24) is 0 Å². The van der Waals surface area contributed by atoms with Gasteiger partial charge in [0.1, 0.15) is 5.84 Å². The third-order valence-electron chi connectivity index (χ3n) is 3.84. The van der Waals surface area contributed by atoms with E-state index in [4.69, 9.17) is 0 Å². The van der Waals surface area contributed by atoms with Gasteiger partial charge in [0.15, 0.2) is 0 Å². The summed E-state index contributed by atoms with van der Waals surface area (Å²) in [6.45, 7) is 4.82. The van der Waals surface area contributed by atoms with Crippen LogP contribution >= 0.6 is 0 Å². The van der Waals surface area contributed by atoms with Crippen molar-refractivity contribution in [3.63, 3.8) is 0 Å². The molecule has 1 heterocycles. The van der Waals surface area contributed by atoms with Gasteiger partial charge in [-0.15, -0.1) is 0 Å². The summed E-state index contributed by atoms with van der Waals surface area (Å²) in [6, 6.07) is 15.6. The highest BCUT2D eigenvalue weighted by molar-refractivity contribution is 6.20. The smallest absolute Gasteiger partial charge is 0.307 e. The van der Waals surface area contributed by atoms with E-state index in [1.54, 1.807) is 4.90 Å². The average molecular weight is 307 g/mol. The fourth-order valence-electron chi connectivity index (χ4n) is 2.76. The zero-order chi connectivity index (χ0) is 16.2. The van der Waals surface area contributed by atoms with E-state index in [1.807, 2.05) is 62.4 Å². The number of benzene rings is 2. The van der Waals surface area contributed by atoms with Crippen molar-refractivity contribution in [3.05, 3.63) is 59.7 Å². The minimum absolute atomic E-state index is 0.165. The highest BCUT2D eigenvalue weighted by atomic mass is 16.2. The third-order valence-corrected chi connectivity index (χ3v) is 3.84. The van der Waals surface area contributed by atoms with Crippen molar-refractivity contribution < 1.29 is 4.79 Å². The Kier molecular flexibility index (Phi) is 4.42. The standard InChI is InChI=1S/C19H21N3O/c1-14-6-3-8-16(12-14)21-19(23)22(18-10-5-11-20-18)17-9-4-7-15(2)13-17/h3-4,6-9,12-13H,5,10-11H2,1-2H3,(H,21,23). The molecule has 23 heavy (non-hydrogen) atoms. The minimum Gasteiger partial charge on any atom is -0.307 e. The number of aliphatic imine (C=N–C) groups is 1. The molecule has 0 spiro atoms. The Morgan fingerprint density at radius 3 is 2.48 bits per heavy atom. The Hall–Kier alpha value is -2.62. The Morgan fingerprint density at radius 2 is 1.83 bits per heavy atom. The first-order chi connectivity index (χ1) is 11.1. The Bertz CT molecular complexity index is 752. The van der Waals surface area contributed by atoms with E-state index in [2.05, 4.69) is 10.3 Å². The van der Waals surface area contributed by atoms with Crippen LogP contribution in [0.3, 0.4) is 0 Å². The lowest BCUT2D eigenvalue weighted by atomic mass is 10.2. The van der Waals surface area contributed by atoms with Gasteiger partial charge in [-0.3, -0.25) is 9.89 Å². The first-order valence-corrected chi connectivity index (χ1v) is 7.91. The van der Waals surface area contributed by atoms with E-state index in [1.165, 1.54) is 0 Å². The quantitative estimate of drug-likeness (QED) is 0.870. The van der Waals surface area contributed by atoms with Crippen LogP contribution < -0.4 is 10.2 Å². The van der Waals surface area contributed by atoms with E-state index < -0.39 is 0 Å². The predicted octanol–water partition coefficient (Wildman–Crippen LogP) is 4.53. The predicted molar refractivity (Wildman–Crippen MR) is 95.4 cm³/mol. The van der Waals surface area contributed by atoms with Gasteiger partial charge in [-0.2, -0.15) is 0 Å². The van der Waals surface area contributed by atoms with Gasteiger partial charge in [0.2, 0.25) is 0 Å². The summed E-state index contributed by atoms with van der Waals surface area (Å²) in [6.07, 6.45) is 1.82. The second-order valence-corrected chi connectivity index (χ2v) is 5.88. The van der Waals surface area contributed by atoms with E-state index in [0.29, 0.717) is 0 Å². The Labute approximate surface area is 136 Å². The molecule has 1 aliphatic rings. The molecule has 0 radical (unpaired) electrons. The third kappa shape index (κ3) is 3.59. The summed E-state index contributed by atoms with van der Waals surface area (Å²) in [5.41, 5.74) is 3.89. The molecule has 0 saturated carbocycles. The number of amides is 2. The first-order valence-electron chi connectivity index (χ1n) is 7.91. The van der Waals surface area contributed by atoms with Crippen molar-refractivity contribution in [1.29, 1.82) is 0 Å². The summed E-state index contributed by atoms with van der Waals surface area (Å²) in [4.78, 5) is 19.1. The monoisotopic (exact) mass is 307 g/mol. The molecule has 1 aliphatic heterocycles. The molecule has 0 bridgehead atoms. The van der Waals surface area contributed by atoms with E-state index in [9.17, 15) is 4.79 Å². The topological polar surface area (TPSA) is 44.7 Å². The lowest BCUT2D eigenvalue weighted by Crippen LogP contribution is -2.39. The van der Waals surface area contributed by atoms with Gasteiger partial charge < -0.3 is 5.32 Å². The number of nitrogens with one attached hydrogen (secondary N) is 1. The van der Waals surface area contributed by atoms with Gasteiger partial charge in [0, 0.05) is 18.7 Å². The lowest BCUT2D eigenvalue weighted by Gasteiger charge is -2.23. The number of hydrogen-bond donors (Lipinski definition) is 1. The van der Waals surface area contributed by atoms with Crippen LogP contribution in [0.4, 0.5) is 16.2 Å². The maximum atomic E-state index is 12.9. The first kappa shape index (κ1) is 15.3. The summed E-state index contributed by atoms with van der Waals surface area (Å²) in [5, 5.41) is 2.98. The molecule has 0 fully saturated rings. The summed E-state index contributed by atoms with van der Waals surface area (Å²) >= 11 is 0. The SMILES string of the molecule is Cc1cccc(NC(=O)N(C2=NCCC2)c2cccc(C)c2)c1. The van der Waals surface area contributed by atoms with Crippen molar-refractivity contribution in [3.8, 4) is 0 Å². The second-order valence-electron chi connectivity index (χ2n) is 5.88. The maximum Gasteiger partial charge on any atom is 0.331 e. The Balaban J connectivity index is 1.90. The number of carbonyl (C=O) groups excluding carboxylic acids is 1. The molecule has 4 heteroatoms. The lowest BCUT2D eigenvalue weighted by molar-refractivity contribution is 0.259. The number of aryl methyl sites for hydroxylation is 2. The zero-order valence-electron chi connectivity index (χ0n) is 13.5. The number of anilines is 2. The Morgan fingerprint density at radius 1 is 1.09 bits per heavy atom. The molecule has 2 aromatic rings. The number of amidine groups is 1. The number of rotatable bonds is 2. The molecule has 1 N–H and O–H groups in total. The molecule has 0 saturated heterocycles. The molecular formula is C19H21N3O. The molecule has 2 aromatic carbocycles. The molecule has 0 aromatic heterocycles. The number of hydrogen-bond acceptors (Lipinski definition) is 2. The largest absolute Gasteiger partial charge is 0.331 e. The van der Waals surface area contributed by atoms with E-state index >= 15 is 0 Å². The number of urea groups is 1. The van der Waals surface area contributed by atoms with Gasteiger partial charge in [0.25, 0.3) is 0 Å². The van der Waals surface area contributed by atoms with Crippen LogP contribution in [0.25, 0.3) is 0 Å². The van der Waals surface area contributed by atoms with Gasteiger partial charge >= 0.3 is 6.03 Å². The summed E-state index contributed by atoms with van der Waals surface area (Å²) in [5.74, 6) is 0.834. The van der Waals surface area contributed by atoms with Crippen molar-refractivity contribution in [2.75, 3.05) is 16.8 Å². The van der Waals surface area contributed by atoms with Crippen LogP contribution in [-0.4, -0.2) is 18.4 Å². The molecule has 0 unspecified atom stereocenters. The van der Waals surface area contributed by atoms with Crippen LogP contribution in [0.5, 0.6) is 0 Å². The molecule has 2 amide bonds. The fourth-order valence-corrected chi connectivity index (χ4v) is 2.76. The van der Waals surface area contributed by atoms with Crippen molar-refractivity contribution >= 4 is 23.2 Å². The van der Waals surface area contributed by atoms with Crippen LogP contribution in [0.2, 0.25) is 0 Å². The number of carbonyl (C=O) groups is 1. The normalized spacial score (nSPS) is 13.6. The average Bonchev–Trinajstić information content (AvgIpc) is 3.01. The van der Waals surface area contributed by atoms with Gasteiger partial charge in [-0.05, 0) is 55.7 Å². The molecule has 0 aliphatic carbocycles. The molecule has 4 nitrogen and oxygen atoms in total. The van der Waals surface area contributed by atoms with Crippen LogP contribution in [0.15, 0.2) is 53.5 Å². The second kappa shape index (κ2) is 6.65. The molecule has 3 rings (SSSR count). The minimum atomic E-state index is -0.165. The van der Waals surface area contributed by atoms with Crippen LogP contribution in [0.1, 0.15) is 24.0 Å². The van der Waals surface area contributed by atoms with Crippen molar-refractivity contribution in [2.45, 2.75) is 26.7 Å². The molecule has 118 valence electrons. The zero-order valence-corrected chi connectivity index (χ0v) is 13.5. The number of nitrogens with zero attached hydrogens (tertiary/aromatic N) is 2. The van der Waals surface area contributed by atoms with E-state index in [0.717, 1.165) is 47.7 Å². The molecule has 0 atom stereocenters. The van der Waals surface area contributed by atoms with E-state index in [-0.39, 0.29) is 6.03 Å². The van der Waals surface area contributed by atoms with Gasteiger partial charge in [0.05, 0.1) is 5.69 Å².